The zero-order chi connectivity index (χ0) is 17.5. The Labute approximate surface area is 161 Å². The summed E-state index contributed by atoms with van der Waals surface area (Å²) in [5.74, 6) is 0.527. The number of rotatable bonds is 6. The van der Waals surface area contributed by atoms with Crippen molar-refractivity contribution in [1.29, 1.82) is 0 Å². The lowest BCUT2D eigenvalue weighted by molar-refractivity contribution is -0.118. The maximum atomic E-state index is 12.1. The van der Waals surface area contributed by atoms with E-state index in [0.717, 1.165) is 42.1 Å². The second-order valence-electron chi connectivity index (χ2n) is 5.88. The van der Waals surface area contributed by atoms with Crippen molar-refractivity contribution < 1.29 is 14.3 Å². The highest BCUT2D eigenvalue weighted by atomic mass is 127. The number of morpholine rings is 1. The van der Waals surface area contributed by atoms with E-state index in [4.69, 9.17) is 9.47 Å². The number of anilines is 1. The van der Waals surface area contributed by atoms with E-state index in [9.17, 15) is 4.79 Å². The van der Waals surface area contributed by atoms with Crippen LogP contribution in [-0.4, -0.2) is 43.7 Å². The van der Waals surface area contributed by atoms with Gasteiger partial charge in [-0.05, 0) is 64.6 Å². The minimum Gasteiger partial charge on any atom is -0.484 e. The summed E-state index contributed by atoms with van der Waals surface area (Å²) in [5.41, 5.74) is 1.97. The Bertz CT molecular complexity index is 700. The predicted molar refractivity (Wildman–Crippen MR) is 106 cm³/mol. The molecule has 1 fully saturated rings. The molecule has 25 heavy (non-hydrogen) atoms. The highest BCUT2D eigenvalue weighted by Crippen LogP contribution is 2.15. The van der Waals surface area contributed by atoms with Gasteiger partial charge in [0.15, 0.2) is 6.61 Å². The van der Waals surface area contributed by atoms with Crippen molar-refractivity contribution in [2.24, 2.45) is 0 Å². The lowest BCUT2D eigenvalue weighted by Gasteiger charge is -2.26. The molecule has 5 nitrogen and oxygen atoms in total. The van der Waals surface area contributed by atoms with Crippen molar-refractivity contribution >= 4 is 34.2 Å². The van der Waals surface area contributed by atoms with Crippen molar-refractivity contribution in [3.05, 3.63) is 57.7 Å². The van der Waals surface area contributed by atoms with Crippen LogP contribution in [0.4, 0.5) is 5.69 Å². The Kier molecular flexibility index (Phi) is 6.66. The van der Waals surface area contributed by atoms with Crippen molar-refractivity contribution in [1.82, 2.24) is 4.90 Å². The third kappa shape index (κ3) is 5.98. The van der Waals surface area contributed by atoms with Crippen molar-refractivity contribution in [3.63, 3.8) is 0 Å². The molecule has 1 N–H and O–H groups in total. The number of nitrogens with zero attached hydrogens (tertiary/aromatic N) is 1. The Balaban J connectivity index is 1.50. The van der Waals surface area contributed by atoms with Gasteiger partial charge < -0.3 is 14.8 Å². The fourth-order valence-corrected chi connectivity index (χ4v) is 3.00. The number of hydrogen-bond acceptors (Lipinski definition) is 4. The van der Waals surface area contributed by atoms with E-state index in [1.807, 2.05) is 42.5 Å². The molecule has 0 radical (unpaired) electrons. The van der Waals surface area contributed by atoms with E-state index in [1.165, 1.54) is 5.56 Å². The number of nitrogens with one attached hydrogen (secondary N) is 1. The molecule has 0 bridgehead atoms. The molecular weight excluding hydrogens is 431 g/mol. The van der Waals surface area contributed by atoms with Gasteiger partial charge >= 0.3 is 0 Å². The zero-order valence-corrected chi connectivity index (χ0v) is 16.1. The SMILES string of the molecule is O=C(COc1ccc(I)cc1)Nc1cccc(CN2CCOCC2)c1. The first kappa shape index (κ1) is 18.2. The van der Waals surface area contributed by atoms with E-state index < -0.39 is 0 Å². The normalized spacial score (nSPS) is 14.9. The molecule has 0 aromatic heterocycles. The number of benzene rings is 2. The summed E-state index contributed by atoms with van der Waals surface area (Å²) in [4.78, 5) is 14.4. The summed E-state index contributed by atoms with van der Waals surface area (Å²) in [6.45, 7) is 4.32. The standard InChI is InChI=1S/C19H21IN2O3/c20-16-4-6-18(7-5-16)25-14-19(23)21-17-3-1-2-15(12-17)13-22-8-10-24-11-9-22/h1-7,12H,8-11,13-14H2,(H,21,23). The van der Waals surface area contributed by atoms with Crippen LogP contribution in [-0.2, 0) is 16.1 Å². The molecule has 1 saturated heterocycles. The molecular formula is C19H21IN2O3. The summed E-state index contributed by atoms with van der Waals surface area (Å²) in [5, 5.41) is 2.89. The number of carbonyl (C=O) groups is 1. The minimum absolute atomic E-state index is 0.00567. The van der Waals surface area contributed by atoms with Gasteiger partial charge in [-0.1, -0.05) is 12.1 Å². The number of hydrogen-bond donors (Lipinski definition) is 1. The van der Waals surface area contributed by atoms with Crippen LogP contribution < -0.4 is 10.1 Å². The molecule has 6 heteroatoms. The number of ether oxygens (including phenoxy) is 2. The summed E-state index contributed by atoms with van der Waals surface area (Å²) in [7, 11) is 0. The average Bonchev–Trinajstić information content (AvgIpc) is 2.62. The van der Waals surface area contributed by atoms with Gasteiger partial charge in [-0.15, -0.1) is 0 Å². The van der Waals surface area contributed by atoms with Crippen LogP contribution in [0.25, 0.3) is 0 Å². The molecule has 0 saturated carbocycles. The van der Waals surface area contributed by atoms with Crippen LogP contribution in [0.3, 0.4) is 0 Å². The highest BCUT2D eigenvalue weighted by Gasteiger charge is 2.11. The third-order valence-corrected chi connectivity index (χ3v) is 4.62. The predicted octanol–water partition coefficient (Wildman–Crippen LogP) is 3.14. The molecule has 1 heterocycles. The van der Waals surface area contributed by atoms with Gasteiger partial charge in [0.2, 0.25) is 0 Å². The Morgan fingerprint density at radius 1 is 1.16 bits per heavy atom. The fraction of sp³-hybridized carbons (Fsp3) is 0.316. The van der Waals surface area contributed by atoms with Crippen LogP contribution >= 0.6 is 22.6 Å². The van der Waals surface area contributed by atoms with Crippen LogP contribution in [0.5, 0.6) is 5.75 Å². The first-order valence-electron chi connectivity index (χ1n) is 8.26. The first-order valence-corrected chi connectivity index (χ1v) is 9.34. The van der Waals surface area contributed by atoms with Gasteiger partial charge in [0.25, 0.3) is 5.91 Å². The van der Waals surface area contributed by atoms with E-state index in [0.29, 0.717) is 5.75 Å². The lowest BCUT2D eigenvalue weighted by Crippen LogP contribution is -2.35. The molecule has 2 aromatic carbocycles. The van der Waals surface area contributed by atoms with E-state index >= 15 is 0 Å². The molecule has 0 aliphatic carbocycles. The second kappa shape index (κ2) is 9.17. The van der Waals surface area contributed by atoms with Crippen LogP contribution in [0.2, 0.25) is 0 Å². The molecule has 0 spiro atoms. The first-order chi connectivity index (χ1) is 12.2. The molecule has 0 atom stereocenters. The monoisotopic (exact) mass is 452 g/mol. The quantitative estimate of drug-likeness (QED) is 0.685. The molecule has 132 valence electrons. The summed E-state index contributed by atoms with van der Waals surface area (Å²) in [6, 6.07) is 15.6. The number of halogens is 1. The van der Waals surface area contributed by atoms with Crippen LogP contribution in [0, 0.1) is 3.57 Å². The largest absolute Gasteiger partial charge is 0.484 e. The minimum atomic E-state index is -0.165. The summed E-state index contributed by atoms with van der Waals surface area (Å²) in [6.07, 6.45) is 0. The molecule has 1 amide bonds. The van der Waals surface area contributed by atoms with E-state index in [1.54, 1.807) is 0 Å². The Morgan fingerprint density at radius 3 is 2.68 bits per heavy atom. The molecule has 1 aliphatic heterocycles. The summed E-state index contributed by atoms with van der Waals surface area (Å²) >= 11 is 2.23. The maximum Gasteiger partial charge on any atom is 0.262 e. The maximum absolute atomic E-state index is 12.1. The Morgan fingerprint density at radius 2 is 1.92 bits per heavy atom. The van der Waals surface area contributed by atoms with Crippen molar-refractivity contribution in [3.8, 4) is 5.75 Å². The lowest BCUT2D eigenvalue weighted by atomic mass is 10.2. The van der Waals surface area contributed by atoms with Crippen molar-refractivity contribution in [2.75, 3.05) is 38.2 Å². The van der Waals surface area contributed by atoms with Crippen LogP contribution in [0.1, 0.15) is 5.56 Å². The number of carbonyl (C=O) groups excluding carboxylic acids is 1. The van der Waals surface area contributed by atoms with Gasteiger partial charge in [-0.2, -0.15) is 0 Å². The second-order valence-corrected chi connectivity index (χ2v) is 7.13. The van der Waals surface area contributed by atoms with Gasteiger partial charge in [0.1, 0.15) is 5.75 Å². The average molecular weight is 452 g/mol. The summed E-state index contributed by atoms with van der Waals surface area (Å²) < 4.78 is 12.0. The van der Waals surface area contributed by atoms with Gasteiger partial charge in [0, 0.05) is 28.9 Å². The highest BCUT2D eigenvalue weighted by molar-refractivity contribution is 14.1. The van der Waals surface area contributed by atoms with Crippen molar-refractivity contribution in [2.45, 2.75) is 6.54 Å². The smallest absolute Gasteiger partial charge is 0.262 e. The molecule has 0 unspecified atom stereocenters. The number of amides is 1. The molecule has 3 rings (SSSR count). The van der Waals surface area contributed by atoms with Gasteiger partial charge in [0.05, 0.1) is 13.2 Å². The third-order valence-electron chi connectivity index (χ3n) is 3.90. The topological polar surface area (TPSA) is 50.8 Å². The van der Waals surface area contributed by atoms with Gasteiger partial charge in [-0.25, -0.2) is 0 Å². The molecule has 1 aliphatic rings. The van der Waals surface area contributed by atoms with E-state index in [-0.39, 0.29) is 12.5 Å². The van der Waals surface area contributed by atoms with Gasteiger partial charge in [-0.3, -0.25) is 9.69 Å². The van der Waals surface area contributed by atoms with Crippen LogP contribution in [0.15, 0.2) is 48.5 Å². The zero-order valence-electron chi connectivity index (χ0n) is 13.9. The Hall–Kier alpha value is -1.64. The molecule has 2 aromatic rings. The van der Waals surface area contributed by atoms with E-state index in [2.05, 4.69) is 38.9 Å². The fourth-order valence-electron chi connectivity index (χ4n) is 2.64.